The van der Waals surface area contributed by atoms with Gasteiger partial charge < -0.3 is 4.74 Å². The zero-order valence-corrected chi connectivity index (χ0v) is 18.4. The molecule has 7 nitrogen and oxygen atoms in total. The van der Waals surface area contributed by atoms with Crippen LogP contribution in [-0.2, 0) is 31.3 Å². The zero-order valence-electron chi connectivity index (χ0n) is 16.0. The Hall–Kier alpha value is -1.49. The monoisotopic (exact) mass is 458 g/mol. The zero-order chi connectivity index (χ0) is 21.1. The summed E-state index contributed by atoms with van der Waals surface area (Å²) in [6.07, 6.45) is 0. The highest BCUT2D eigenvalue weighted by atomic mass is 35.5. The third kappa shape index (κ3) is 4.99. The van der Waals surface area contributed by atoms with E-state index >= 15 is 0 Å². The Kier molecular flexibility index (Phi) is 6.98. The molecule has 0 saturated carbocycles. The van der Waals surface area contributed by atoms with Crippen molar-refractivity contribution in [1.29, 1.82) is 0 Å². The molecule has 0 atom stereocenters. The predicted molar refractivity (Wildman–Crippen MR) is 111 cm³/mol. The van der Waals surface area contributed by atoms with Gasteiger partial charge in [0.1, 0.15) is 0 Å². The van der Waals surface area contributed by atoms with E-state index in [1.54, 1.807) is 25.1 Å². The second kappa shape index (κ2) is 9.11. The van der Waals surface area contributed by atoms with Gasteiger partial charge in [0, 0.05) is 31.2 Å². The lowest BCUT2D eigenvalue weighted by molar-refractivity contribution is 0.0730. The molecule has 0 radical (unpaired) electrons. The second-order valence-electron chi connectivity index (χ2n) is 6.55. The van der Waals surface area contributed by atoms with Crippen molar-refractivity contribution in [2.45, 2.75) is 23.3 Å². The second-order valence-corrected chi connectivity index (χ2v) is 10.9. The lowest BCUT2D eigenvalue weighted by Crippen LogP contribution is -2.40. The van der Waals surface area contributed by atoms with Gasteiger partial charge in [-0.1, -0.05) is 30.7 Å². The molecule has 0 aromatic heterocycles. The van der Waals surface area contributed by atoms with Crippen molar-refractivity contribution < 1.29 is 21.6 Å². The van der Waals surface area contributed by atoms with Gasteiger partial charge in [0.05, 0.1) is 23.0 Å². The first-order valence-electron chi connectivity index (χ1n) is 9.17. The Morgan fingerprint density at radius 3 is 2.21 bits per heavy atom. The molecule has 1 saturated heterocycles. The van der Waals surface area contributed by atoms with Crippen molar-refractivity contribution in [3.8, 4) is 0 Å². The summed E-state index contributed by atoms with van der Waals surface area (Å²) in [6.45, 7) is 3.45. The summed E-state index contributed by atoms with van der Waals surface area (Å²) in [6, 6.07) is 12.4. The van der Waals surface area contributed by atoms with Gasteiger partial charge >= 0.3 is 0 Å². The van der Waals surface area contributed by atoms with E-state index in [-0.39, 0.29) is 36.0 Å². The van der Waals surface area contributed by atoms with Crippen LogP contribution in [0.1, 0.15) is 12.5 Å². The van der Waals surface area contributed by atoms with Gasteiger partial charge in [0.2, 0.25) is 20.0 Å². The number of benzene rings is 2. The molecular weight excluding hydrogens is 436 g/mol. The molecule has 10 heteroatoms. The third-order valence-electron chi connectivity index (χ3n) is 4.67. The van der Waals surface area contributed by atoms with E-state index in [9.17, 15) is 16.8 Å². The molecule has 29 heavy (non-hydrogen) atoms. The molecule has 2 aromatic rings. The Morgan fingerprint density at radius 1 is 1.00 bits per heavy atom. The van der Waals surface area contributed by atoms with E-state index in [0.29, 0.717) is 18.2 Å². The molecule has 0 bridgehead atoms. The summed E-state index contributed by atoms with van der Waals surface area (Å²) in [5.74, 6) is 0. The minimum Gasteiger partial charge on any atom is -0.379 e. The SMILES string of the molecule is CCN(Cc1cccc(Cl)c1)S(=O)(=O)c1ccc(S(=O)(=O)N2CCOCC2)cc1. The summed E-state index contributed by atoms with van der Waals surface area (Å²) in [7, 11) is -7.46. The van der Waals surface area contributed by atoms with Crippen molar-refractivity contribution in [3.63, 3.8) is 0 Å². The van der Waals surface area contributed by atoms with Crippen molar-refractivity contribution in [2.24, 2.45) is 0 Å². The van der Waals surface area contributed by atoms with Crippen molar-refractivity contribution in [2.75, 3.05) is 32.8 Å². The minimum absolute atomic E-state index is 0.0438. The fourth-order valence-electron chi connectivity index (χ4n) is 3.07. The van der Waals surface area contributed by atoms with Gasteiger partial charge in [-0.05, 0) is 42.0 Å². The molecular formula is C19H23ClN2O5S2. The molecule has 0 spiro atoms. The van der Waals surface area contributed by atoms with E-state index in [1.165, 1.54) is 32.9 Å². The van der Waals surface area contributed by atoms with Crippen molar-refractivity contribution in [1.82, 2.24) is 8.61 Å². The summed E-state index contributed by atoms with van der Waals surface area (Å²) in [4.78, 5) is 0.110. The largest absolute Gasteiger partial charge is 0.379 e. The Bertz CT molecular complexity index is 1050. The van der Waals surface area contributed by atoms with Gasteiger partial charge in [-0.15, -0.1) is 0 Å². The quantitative estimate of drug-likeness (QED) is 0.636. The highest BCUT2D eigenvalue weighted by Crippen LogP contribution is 2.23. The van der Waals surface area contributed by atoms with E-state index in [4.69, 9.17) is 16.3 Å². The average Bonchev–Trinajstić information content (AvgIpc) is 2.72. The first-order chi connectivity index (χ1) is 13.7. The number of rotatable bonds is 7. The van der Waals surface area contributed by atoms with Crippen LogP contribution in [0.5, 0.6) is 0 Å². The standard InChI is InChI=1S/C19H23ClN2O5S2/c1-2-21(15-16-4-3-5-17(20)14-16)28(23,24)18-6-8-19(9-7-18)29(25,26)22-10-12-27-13-11-22/h3-9,14H,2,10-13,15H2,1H3. The number of morpholine rings is 1. The average molecular weight is 459 g/mol. The maximum atomic E-state index is 13.0. The van der Waals surface area contributed by atoms with Gasteiger partial charge in [0.25, 0.3) is 0 Å². The lowest BCUT2D eigenvalue weighted by Gasteiger charge is -2.26. The van der Waals surface area contributed by atoms with Gasteiger partial charge in [-0.25, -0.2) is 16.8 Å². The molecule has 1 aliphatic rings. The van der Waals surface area contributed by atoms with E-state index in [2.05, 4.69) is 0 Å². The molecule has 0 aliphatic carbocycles. The highest BCUT2D eigenvalue weighted by Gasteiger charge is 2.28. The smallest absolute Gasteiger partial charge is 0.243 e. The summed E-state index contributed by atoms with van der Waals surface area (Å²) < 4.78 is 59.3. The Balaban J connectivity index is 1.83. The number of ether oxygens (including phenoxy) is 1. The van der Waals surface area contributed by atoms with Crippen LogP contribution in [0, 0.1) is 0 Å². The molecule has 3 rings (SSSR count). The first-order valence-corrected chi connectivity index (χ1v) is 12.4. The third-order valence-corrected chi connectivity index (χ3v) is 8.75. The number of hydrogen-bond donors (Lipinski definition) is 0. The lowest BCUT2D eigenvalue weighted by atomic mass is 10.2. The normalized spacial score (nSPS) is 16.2. The number of nitrogens with zero attached hydrogens (tertiary/aromatic N) is 2. The highest BCUT2D eigenvalue weighted by molar-refractivity contribution is 7.89. The number of sulfonamides is 2. The first kappa shape index (κ1) is 22.2. The van der Waals surface area contributed by atoms with Crippen LogP contribution in [0.25, 0.3) is 0 Å². The number of halogens is 1. The predicted octanol–water partition coefficient (Wildman–Crippen LogP) is 2.57. The van der Waals surface area contributed by atoms with Crippen LogP contribution in [0.4, 0.5) is 0 Å². The van der Waals surface area contributed by atoms with Gasteiger partial charge in [-0.2, -0.15) is 8.61 Å². The van der Waals surface area contributed by atoms with Gasteiger partial charge in [-0.3, -0.25) is 0 Å². The Labute approximate surface area is 176 Å². The van der Waals surface area contributed by atoms with Gasteiger partial charge in [0.15, 0.2) is 0 Å². The molecule has 2 aromatic carbocycles. The molecule has 0 N–H and O–H groups in total. The summed E-state index contributed by atoms with van der Waals surface area (Å²) in [5.41, 5.74) is 0.773. The molecule has 1 aliphatic heterocycles. The fourth-order valence-corrected chi connectivity index (χ4v) is 6.13. The van der Waals surface area contributed by atoms with Crippen LogP contribution in [-0.4, -0.2) is 58.3 Å². The van der Waals surface area contributed by atoms with E-state index < -0.39 is 20.0 Å². The van der Waals surface area contributed by atoms with Crippen LogP contribution >= 0.6 is 11.6 Å². The molecule has 158 valence electrons. The minimum atomic E-state index is -3.79. The maximum Gasteiger partial charge on any atom is 0.243 e. The fraction of sp³-hybridized carbons (Fsp3) is 0.368. The number of hydrogen-bond acceptors (Lipinski definition) is 5. The molecule has 1 fully saturated rings. The topological polar surface area (TPSA) is 84.0 Å². The van der Waals surface area contributed by atoms with Crippen LogP contribution in [0.3, 0.4) is 0 Å². The van der Waals surface area contributed by atoms with Crippen molar-refractivity contribution >= 4 is 31.6 Å². The summed E-state index contributed by atoms with van der Waals surface area (Å²) >= 11 is 5.99. The van der Waals surface area contributed by atoms with Crippen LogP contribution in [0.2, 0.25) is 5.02 Å². The van der Waals surface area contributed by atoms with E-state index in [1.807, 2.05) is 6.07 Å². The van der Waals surface area contributed by atoms with E-state index in [0.717, 1.165) is 5.56 Å². The van der Waals surface area contributed by atoms with Crippen LogP contribution in [0.15, 0.2) is 58.3 Å². The maximum absolute atomic E-state index is 13.0. The Morgan fingerprint density at radius 2 is 1.62 bits per heavy atom. The molecule has 1 heterocycles. The molecule has 0 unspecified atom stereocenters. The van der Waals surface area contributed by atoms with Crippen LogP contribution < -0.4 is 0 Å². The molecule has 0 amide bonds. The van der Waals surface area contributed by atoms with Crippen molar-refractivity contribution in [3.05, 3.63) is 59.1 Å². The summed E-state index contributed by atoms with van der Waals surface area (Å²) in [5, 5.41) is 0.536.